The summed E-state index contributed by atoms with van der Waals surface area (Å²) in [5.74, 6) is -0.489. The molecule has 2 aromatic rings. The lowest BCUT2D eigenvalue weighted by atomic mass is 10.1. The predicted molar refractivity (Wildman–Crippen MR) is 72.1 cm³/mol. The van der Waals surface area contributed by atoms with Crippen molar-refractivity contribution in [1.29, 1.82) is 0 Å². The SMILES string of the molecule is Cc1c(C(=O)N(C)c2ccccc2)c(C(F)F)nn1C. The highest BCUT2D eigenvalue weighted by atomic mass is 19.3. The van der Waals surface area contributed by atoms with Crippen LogP contribution in [0.4, 0.5) is 14.5 Å². The van der Waals surface area contributed by atoms with Gasteiger partial charge in [0.25, 0.3) is 12.3 Å². The molecule has 1 amide bonds. The van der Waals surface area contributed by atoms with E-state index in [4.69, 9.17) is 0 Å². The van der Waals surface area contributed by atoms with Gasteiger partial charge in [-0.15, -0.1) is 0 Å². The summed E-state index contributed by atoms with van der Waals surface area (Å²) >= 11 is 0. The largest absolute Gasteiger partial charge is 0.311 e. The summed E-state index contributed by atoms with van der Waals surface area (Å²) in [6.07, 6.45) is -2.78. The van der Waals surface area contributed by atoms with Gasteiger partial charge in [-0.3, -0.25) is 9.48 Å². The van der Waals surface area contributed by atoms with Crippen LogP contribution in [0.1, 0.15) is 28.2 Å². The molecule has 0 N–H and O–H groups in total. The number of carbonyl (C=O) groups is 1. The van der Waals surface area contributed by atoms with E-state index in [1.165, 1.54) is 9.58 Å². The van der Waals surface area contributed by atoms with Crippen molar-refractivity contribution < 1.29 is 13.6 Å². The van der Waals surface area contributed by atoms with E-state index in [0.717, 1.165) is 0 Å². The second-order valence-electron chi connectivity index (χ2n) is 4.47. The molecule has 0 spiro atoms. The summed E-state index contributed by atoms with van der Waals surface area (Å²) in [5, 5.41) is 3.73. The standard InChI is InChI=1S/C14H15F2N3O/c1-9-11(12(13(15)16)17-19(9)3)14(20)18(2)10-7-5-4-6-8-10/h4-8,13H,1-3H3. The summed E-state index contributed by atoms with van der Waals surface area (Å²) in [7, 11) is 3.10. The number of aromatic nitrogens is 2. The average molecular weight is 279 g/mol. The van der Waals surface area contributed by atoms with Crippen molar-refractivity contribution in [3.8, 4) is 0 Å². The van der Waals surface area contributed by atoms with Crippen LogP contribution in [-0.2, 0) is 7.05 Å². The van der Waals surface area contributed by atoms with Crippen LogP contribution in [0.15, 0.2) is 30.3 Å². The van der Waals surface area contributed by atoms with E-state index in [2.05, 4.69) is 5.10 Å². The number of halogens is 2. The quantitative estimate of drug-likeness (QED) is 0.866. The third-order valence-electron chi connectivity index (χ3n) is 3.23. The lowest BCUT2D eigenvalue weighted by Gasteiger charge is -2.17. The van der Waals surface area contributed by atoms with Crippen molar-refractivity contribution in [1.82, 2.24) is 9.78 Å². The number of benzene rings is 1. The van der Waals surface area contributed by atoms with Crippen LogP contribution in [0, 0.1) is 6.92 Å². The van der Waals surface area contributed by atoms with Crippen LogP contribution in [-0.4, -0.2) is 22.7 Å². The molecule has 20 heavy (non-hydrogen) atoms. The highest BCUT2D eigenvalue weighted by Crippen LogP contribution is 2.26. The second-order valence-corrected chi connectivity index (χ2v) is 4.47. The number of rotatable bonds is 3. The van der Waals surface area contributed by atoms with Crippen molar-refractivity contribution in [2.24, 2.45) is 7.05 Å². The van der Waals surface area contributed by atoms with Gasteiger partial charge in [0, 0.05) is 25.5 Å². The molecule has 0 fully saturated rings. The molecule has 0 aliphatic carbocycles. The fourth-order valence-corrected chi connectivity index (χ4v) is 1.99. The van der Waals surface area contributed by atoms with Crippen LogP contribution >= 0.6 is 0 Å². The number of carbonyl (C=O) groups excluding carboxylic acids is 1. The number of aryl methyl sites for hydroxylation is 1. The lowest BCUT2D eigenvalue weighted by molar-refractivity contribution is 0.0977. The average Bonchev–Trinajstić information content (AvgIpc) is 2.74. The van der Waals surface area contributed by atoms with Gasteiger partial charge in [-0.1, -0.05) is 18.2 Å². The molecule has 0 bridgehead atoms. The molecular weight excluding hydrogens is 264 g/mol. The molecule has 1 heterocycles. The Morgan fingerprint density at radius 3 is 2.45 bits per heavy atom. The highest BCUT2D eigenvalue weighted by Gasteiger charge is 2.28. The fraction of sp³-hybridized carbons (Fsp3) is 0.286. The van der Waals surface area contributed by atoms with E-state index in [0.29, 0.717) is 11.4 Å². The van der Waals surface area contributed by atoms with Gasteiger partial charge in [-0.05, 0) is 19.1 Å². The van der Waals surface area contributed by atoms with Gasteiger partial charge in [0.15, 0.2) is 0 Å². The molecular formula is C14H15F2N3O. The summed E-state index contributed by atoms with van der Waals surface area (Å²) < 4.78 is 27.3. The minimum Gasteiger partial charge on any atom is -0.311 e. The zero-order chi connectivity index (χ0) is 14.9. The van der Waals surface area contributed by atoms with E-state index in [1.807, 2.05) is 6.07 Å². The van der Waals surface area contributed by atoms with E-state index in [9.17, 15) is 13.6 Å². The summed E-state index contributed by atoms with van der Waals surface area (Å²) in [6.45, 7) is 1.60. The Labute approximate surface area is 115 Å². The fourth-order valence-electron chi connectivity index (χ4n) is 1.99. The molecule has 106 valence electrons. The molecule has 0 radical (unpaired) electrons. The van der Waals surface area contributed by atoms with Crippen molar-refractivity contribution in [2.45, 2.75) is 13.3 Å². The molecule has 0 unspecified atom stereocenters. The topological polar surface area (TPSA) is 38.1 Å². The van der Waals surface area contributed by atoms with Gasteiger partial charge < -0.3 is 4.90 Å². The van der Waals surface area contributed by atoms with Crippen LogP contribution in [0.3, 0.4) is 0 Å². The van der Waals surface area contributed by atoms with E-state index in [-0.39, 0.29) is 5.56 Å². The Morgan fingerprint density at radius 2 is 1.90 bits per heavy atom. The second kappa shape index (κ2) is 5.40. The summed E-state index contributed by atoms with van der Waals surface area (Å²) in [6, 6.07) is 8.87. The minimum absolute atomic E-state index is 0.0335. The third-order valence-corrected chi connectivity index (χ3v) is 3.23. The van der Waals surface area contributed by atoms with Crippen LogP contribution in [0.2, 0.25) is 0 Å². The Morgan fingerprint density at radius 1 is 1.30 bits per heavy atom. The zero-order valence-electron chi connectivity index (χ0n) is 11.5. The molecule has 4 nitrogen and oxygen atoms in total. The number of para-hydroxylation sites is 1. The molecule has 0 saturated heterocycles. The van der Waals surface area contributed by atoms with E-state index in [1.54, 1.807) is 45.3 Å². The third kappa shape index (κ3) is 2.41. The van der Waals surface area contributed by atoms with Crippen molar-refractivity contribution in [3.05, 3.63) is 47.3 Å². The number of amides is 1. The first-order chi connectivity index (χ1) is 9.43. The Balaban J connectivity index is 2.44. The van der Waals surface area contributed by atoms with Crippen molar-refractivity contribution in [3.63, 3.8) is 0 Å². The molecule has 1 aromatic carbocycles. The molecule has 2 rings (SSSR count). The van der Waals surface area contributed by atoms with Crippen LogP contribution < -0.4 is 4.90 Å². The summed E-state index contributed by atoms with van der Waals surface area (Å²) in [4.78, 5) is 13.8. The lowest BCUT2D eigenvalue weighted by Crippen LogP contribution is -2.27. The number of anilines is 1. The van der Waals surface area contributed by atoms with Gasteiger partial charge >= 0.3 is 0 Å². The Bertz CT molecular complexity index is 623. The molecule has 0 atom stereocenters. The smallest absolute Gasteiger partial charge is 0.282 e. The normalized spacial score (nSPS) is 10.9. The van der Waals surface area contributed by atoms with Crippen molar-refractivity contribution >= 4 is 11.6 Å². The van der Waals surface area contributed by atoms with Crippen LogP contribution in [0.5, 0.6) is 0 Å². The molecule has 0 aliphatic heterocycles. The van der Waals surface area contributed by atoms with E-state index >= 15 is 0 Å². The van der Waals surface area contributed by atoms with Crippen molar-refractivity contribution in [2.75, 3.05) is 11.9 Å². The number of hydrogen-bond donors (Lipinski definition) is 0. The van der Waals surface area contributed by atoms with Gasteiger partial charge in [-0.2, -0.15) is 5.10 Å². The molecule has 1 aromatic heterocycles. The maximum atomic E-state index is 13.0. The first-order valence-corrected chi connectivity index (χ1v) is 6.08. The first-order valence-electron chi connectivity index (χ1n) is 6.08. The van der Waals surface area contributed by atoms with E-state index < -0.39 is 18.0 Å². The first kappa shape index (κ1) is 14.2. The summed E-state index contributed by atoms with van der Waals surface area (Å²) in [5.41, 5.74) is 0.556. The molecule has 6 heteroatoms. The monoisotopic (exact) mass is 279 g/mol. The highest BCUT2D eigenvalue weighted by molar-refractivity contribution is 6.07. The molecule has 0 aliphatic rings. The Hall–Kier alpha value is -2.24. The van der Waals surface area contributed by atoms with Crippen LogP contribution in [0.25, 0.3) is 0 Å². The van der Waals surface area contributed by atoms with Gasteiger partial charge in [0.05, 0.1) is 5.56 Å². The zero-order valence-corrected chi connectivity index (χ0v) is 11.5. The predicted octanol–water partition coefficient (Wildman–Crippen LogP) is 2.94. The maximum absolute atomic E-state index is 13.0. The number of nitrogens with zero attached hydrogens (tertiary/aromatic N) is 3. The maximum Gasteiger partial charge on any atom is 0.282 e. The molecule has 0 saturated carbocycles. The van der Waals surface area contributed by atoms with Gasteiger partial charge in [0.1, 0.15) is 5.69 Å². The van der Waals surface area contributed by atoms with Gasteiger partial charge in [0.2, 0.25) is 0 Å². The minimum atomic E-state index is -2.78. The number of hydrogen-bond acceptors (Lipinski definition) is 2. The number of alkyl halides is 2. The Kier molecular flexibility index (Phi) is 3.83. The van der Waals surface area contributed by atoms with Gasteiger partial charge in [-0.25, -0.2) is 8.78 Å².